The Morgan fingerprint density at radius 3 is 2.47 bits per heavy atom. The summed E-state index contributed by atoms with van der Waals surface area (Å²) in [6.07, 6.45) is 0.926. The first-order valence-corrected chi connectivity index (χ1v) is 13.3. The lowest BCUT2D eigenvalue weighted by molar-refractivity contribution is 0.0367. The molecule has 9 nitrogen and oxygen atoms in total. The Bertz CT molecular complexity index is 928. The Kier molecular flexibility index (Phi) is 7.61. The molecule has 0 saturated carbocycles. The lowest BCUT2D eigenvalue weighted by Gasteiger charge is -2.30. The van der Waals surface area contributed by atoms with Crippen LogP contribution in [-0.4, -0.2) is 97.2 Å². The van der Waals surface area contributed by atoms with Gasteiger partial charge in [-0.1, -0.05) is 0 Å². The summed E-state index contributed by atoms with van der Waals surface area (Å²) < 4.78 is 68.2. The second kappa shape index (κ2) is 9.82. The molecule has 1 unspecified atom stereocenters. The number of nitrogens with zero attached hydrogens (tertiary/aromatic N) is 2. The number of sulfone groups is 1. The van der Waals surface area contributed by atoms with E-state index in [9.17, 15) is 16.8 Å². The maximum atomic E-state index is 13.5. The van der Waals surface area contributed by atoms with Crippen molar-refractivity contribution < 1.29 is 31.0 Å². The van der Waals surface area contributed by atoms with Crippen LogP contribution in [0.15, 0.2) is 23.1 Å². The number of ether oxygens (including phenoxy) is 3. The van der Waals surface area contributed by atoms with Gasteiger partial charge in [0.25, 0.3) is 0 Å². The van der Waals surface area contributed by atoms with Gasteiger partial charge in [0.1, 0.15) is 0 Å². The molecule has 2 saturated heterocycles. The van der Waals surface area contributed by atoms with Gasteiger partial charge in [-0.2, -0.15) is 4.31 Å². The van der Waals surface area contributed by atoms with E-state index >= 15 is 0 Å². The average molecular weight is 463 g/mol. The molecule has 0 N–H and O–H groups in total. The van der Waals surface area contributed by atoms with Gasteiger partial charge in [-0.3, -0.25) is 4.90 Å². The topological polar surface area (TPSA) is 102 Å². The summed E-state index contributed by atoms with van der Waals surface area (Å²) in [4.78, 5) is 2.30. The molecule has 2 aliphatic heterocycles. The van der Waals surface area contributed by atoms with Crippen LogP contribution in [-0.2, 0) is 24.6 Å². The van der Waals surface area contributed by atoms with Crippen LogP contribution in [0.4, 0.5) is 0 Å². The van der Waals surface area contributed by atoms with Crippen molar-refractivity contribution in [2.75, 3.05) is 65.1 Å². The molecule has 0 amide bonds. The van der Waals surface area contributed by atoms with E-state index in [4.69, 9.17) is 14.2 Å². The fourth-order valence-corrected chi connectivity index (χ4v) is 7.42. The molecule has 11 heteroatoms. The first-order valence-electron chi connectivity index (χ1n) is 10.0. The van der Waals surface area contributed by atoms with Gasteiger partial charge >= 0.3 is 0 Å². The van der Waals surface area contributed by atoms with Gasteiger partial charge in [-0.25, -0.2) is 16.8 Å². The van der Waals surface area contributed by atoms with E-state index in [1.54, 1.807) is 6.07 Å². The lowest BCUT2D eigenvalue weighted by atomic mass is 10.2. The van der Waals surface area contributed by atoms with Crippen molar-refractivity contribution in [2.24, 2.45) is 0 Å². The highest BCUT2D eigenvalue weighted by Crippen LogP contribution is 2.32. The molecule has 0 aromatic heterocycles. The molecule has 0 spiro atoms. The first kappa shape index (κ1) is 23.3. The van der Waals surface area contributed by atoms with Gasteiger partial charge in [0.2, 0.25) is 10.0 Å². The van der Waals surface area contributed by atoms with Gasteiger partial charge in [-0.15, -0.1) is 0 Å². The maximum Gasteiger partial charge on any atom is 0.243 e. The molecule has 2 heterocycles. The van der Waals surface area contributed by atoms with Crippen LogP contribution in [0.2, 0.25) is 0 Å². The molecule has 2 fully saturated rings. The highest BCUT2D eigenvalue weighted by Gasteiger charge is 2.38. The summed E-state index contributed by atoms with van der Waals surface area (Å²) in [7, 11) is -4.21. The molecular weight excluding hydrogens is 432 g/mol. The maximum absolute atomic E-state index is 13.5. The Balaban J connectivity index is 1.82. The van der Waals surface area contributed by atoms with E-state index in [0.717, 1.165) is 19.6 Å². The van der Waals surface area contributed by atoms with Gasteiger partial charge in [0.15, 0.2) is 21.3 Å². The molecule has 3 rings (SSSR count). The highest BCUT2D eigenvalue weighted by atomic mass is 32.2. The zero-order valence-electron chi connectivity index (χ0n) is 17.4. The Morgan fingerprint density at radius 2 is 1.87 bits per heavy atom. The Labute approximate surface area is 178 Å². The first-order chi connectivity index (χ1) is 14.3. The second-order valence-corrected chi connectivity index (χ2v) is 11.6. The molecule has 170 valence electrons. The normalized spacial score (nSPS) is 22.3. The monoisotopic (exact) mass is 462 g/mol. The highest BCUT2D eigenvalue weighted by molar-refractivity contribution is 7.92. The SMILES string of the molecule is COc1ccc(S(=O)(=O)N(CCCN2CCOCC2)C2CCS(=O)(=O)C2)cc1OC. The van der Waals surface area contributed by atoms with Crippen LogP contribution < -0.4 is 9.47 Å². The van der Waals surface area contributed by atoms with Gasteiger partial charge < -0.3 is 14.2 Å². The van der Waals surface area contributed by atoms with Crippen LogP contribution in [0.25, 0.3) is 0 Å². The molecule has 1 atom stereocenters. The summed E-state index contributed by atoms with van der Waals surface area (Å²) in [6.45, 7) is 3.98. The minimum atomic E-state index is -3.91. The Morgan fingerprint density at radius 1 is 1.17 bits per heavy atom. The fraction of sp³-hybridized carbons (Fsp3) is 0.684. The van der Waals surface area contributed by atoms with Crippen molar-refractivity contribution >= 4 is 19.9 Å². The lowest BCUT2D eigenvalue weighted by Crippen LogP contribution is -2.43. The van der Waals surface area contributed by atoms with E-state index in [-0.39, 0.29) is 22.9 Å². The zero-order chi connectivity index (χ0) is 21.8. The van der Waals surface area contributed by atoms with Gasteiger partial charge in [-0.05, 0) is 31.5 Å². The van der Waals surface area contributed by atoms with E-state index in [1.807, 2.05) is 0 Å². The predicted octanol–water partition coefficient (Wildman–Crippen LogP) is 0.604. The minimum absolute atomic E-state index is 0.0130. The molecule has 2 aliphatic rings. The van der Waals surface area contributed by atoms with Crippen LogP contribution in [0.3, 0.4) is 0 Å². The standard InChI is InChI=1S/C19H30N2O7S2/c1-26-18-5-4-17(14-19(18)27-2)30(24,25)21(16-6-13-29(22,23)15-16)8-3-7-20-9-11-28-12-10-20/h4-5,14,16H,3,6-13,15H2,1-2H3. The van der Waals surface area contributed by atoms with E-state index < -0.39 is 25.9 Å². The van der Waals surface area contributed by atoms with E-state index in [2.05, 4.69) is 4.90 Å². The zero-order valence-corrected chi connectivity index (χ0v) is 19.1. The van der Waals surface area contributed by atoms with Crippen molar-refractivity contribution in [1.82, 2.24) is 9.21 Å². The Hall–Kier alpha value is -1.40. The van der Waals surface area contributed by atoms with Crippen LogP contribution in [0, 0.1) is 0 Å². The summed E-state index contributed by atoms with van der Waals surface area (Å²) in [5.74, 6) is 0.612. The number of methoxy groups -OCH3 is 2. The van der Waals surface area contributed by atoms with Crippen molar-refractivity contribution in [2.45, 2.75) is 23.8 Å². The second-order valence-electron chi connectivity index (χ2n) is 7.50. The van der Waals surface area contributed by atoms with Crippen molar-refractivity contribution in [3.05, 3.63) is 18.2 Å². The number of hydrogen-bond donors (Lipinski definition) is 0. The summed E-state index contributed by atoms with van der Waals surface area (Å²) in [5, 5.41) is 0. The fourth-order valence-electron chi connectivity index (χ4n) is 3.89. The van der Waals surface area contributed by atoms with Crippen molar-refractivity contribution in [3.8, 4) is 11.5 Å². The molecule has 0 aliphatic carbocycles. The quantitative estimate of drug-likeness (QED) is 0.526. The third kappa shape index (κ3) is 5.44. The summed E-state index contributed by atoms with van der Waals surface area (Å²) in [6, 6.07) is 3.88. The molecule has 0 bridgehead atoms. The number of hydrogen-bond acceptors (Lipinski definition) is 8. The summed E-state index contributed by atoms with van der Waals surface area (Å²) >= 11 is 0. The van der Waals surface area contributed by atoms with Crippen LogP contribution >= 0.6 is 0 Å². The number of morpholine rings is 1. The number of benzene rings is 1. The van der Waals surface area contributed by atoms with Crippen LogP contribution in [0.5, 0.6) is 11.5 Å². The summed E-state index contributed by atoms with van der Waals surface area (Å²) in [5.41, 5.74) is 0. The largest absolute Gasteiger partial charge is 0.493 e. The molecule has 0 radical (unpaired) electrons. The van der Waals surface area contributed by atoms with Crippen molar-refractivity contribution in [1.29, 1.82) is 0 Å². The minimum Gasteiger partial charge on any atom is -0.493 e. The van der Waals surface area contributed by atoms with E-state index in [1.165, 1.54) is 30.7 Å². The third-order valence-electron chi connectivity index (χ3n) is 5.53. The van der Waals surface area contributed by atoms with Crippen molar-refractivity contribution in [3.63, 3.8) is 0 Å². The number of rotatable bonds is 9. The van der Waals surface area contributed by atoms with Gasteiger partial charge in [0.05, 0.1) is 43.8 Å². The molecule has 1 aromatic carbocycles. The third-order valence-corrected chi connectivity index (χ3v) is 9.23. The molecule has 1 aromatic rings. The van der Waals surface area contributed by atoms with Crippen LogP contribution in [0.1, 0.15) is 12.8 Å². The molecular formula is C19H30N2O7S2. The number of sulfonamides is 1. The average Bonchev–Trinajstić information content (AvgIpc) is 3.10. The van der Waals surface area contributed by atoms with E-state index in [0.29, 0.717) is 37.6 Å². The van der Waals surface area contributed by atoms with Gasteiger partial charge in [0, 0.05) is 31.7 Å². The molecule has 30 heavy (non-hydrogen) atoms. The predicted molar refractivity (Wildman–Crippen MR) is 112 cm³/mol. The smallest absolute Gasteiger partial charge is 0.243 e.